The van der Waals surface area contributed by atoms with Gasteiger partial charge in [-0.3, -0.25) is 4.79 Å². The Morgan fingerprint density at radius 2 is 2.00 bits per heavy atom. The van der Waals surface area contributed by atoms with Gasteiger partial charge in [-0.2, -0.15) is 0 Å². The van der Waals surface area contributed by atoms with Crippen molar-refractivity contribution >= 4 is 17.3 Å². The predicted octanol–water partition coefficient (Wildman–Crippen LogP) is 3.17. The number of anilines is 2. The average Bonchev–Trinajstić information content (AvgIpc) is 2.46. The topological polar surface area (TPSA) is 46.3 Å². The van der Waals surface area contributed by atoms with Crippen LogP contribution in [0.2, 0.25) is 0 Å². The number of nitrogen functional groups attached to an aromatic ring is 1. The number of amides is 1. The number of benzene rings is 2. The highest BCUT2D eigenvalue weighted by molar-refractivity contribution is 6.08. The SMILES string of the molecule is Cc1cccc(C(=O)N2CCCc3cccc(N)c32)c1. The van der Waals surface area contributed by atoms with Gasteiger partial charge in [0.25, 0.3) is 5.91 Å². The summed E-state index contributed by atoms with van der Waals surface area (Å²) in [4.78, 5) is 14.6. The number of nitrogens with zero attached hydrogens (tertiary/aromatic N) is 1. The summed E-state index contributed by atoms with van der Waals surface area (Å²) in [6.07, 6.45) is 1.96. The average molecular weight is 266 g/mol. The van der Waals surface area contributed by atoms with Gasteiger partial charge in [0.1, 0.15) is 0 Å². The first-order valence-electron chi connectivity index (χ1n) is 6.93. The fourth-order valence-corrected chi connectivity index (χ4v) is 2.82. The molecule has 102 valence electrons. The van der Waals surface area contributed by atoms with E-state index in [4.69, 9.17) is 5.73 Å². The van der Waals surface area contributed by atoms with Gasteiger partial charge in [-0.1, -0.05) is 29.8 Å². The number of carbonyl (C=O) groups is 1. The summed E-state index contributed by atoms with van der Waals surface area (Å²) < 4.78 is 0. The highest BCUT2D eigenvalue weighted by Gasteiger charge is 2.25. The smallest absolute Gasteiger partial charge is 0.258 e. The van der Waals surface area contributed by atoms with Crippen LogP contribution in [0.1, 0.15) is 27.9 Å². The lowest BCUT2D eigenvalue weighted by molar-refractivity contribution is 0.0985. The molecule has 1 aliphatic rings. The number of hydrogen-bond donors (Lipinski definition) is 1. The normalized spacial score (nSPS) is 13.9. The standard InChI is InChI=1S/C17H18N2O/c1-12-5-2-7-14(11-12)17(20)19-10-4-8-13-6-3-9-15(18)16(13)19/h2-3,5-7,9,11H,4,8,10,18H2,1H3. The lowest BCUT2D eigenvalue weighted by atomic mass is 9.99. The van der Waals surface area contributed by atoms with Crippen LogP contribution in [0.5, 0.6) is 0 Å². The molecule has 1 heterocycles. The largest absolute Gasteiger partial charge is 0.397 e. The molecule has 0 aromatic heterocycles. The van der Waals surface area contributed by atoms with Crippen LogP contribution in [0, 0.1) is 6.92 Å². The second-order valence-electron chi connectivity index (χ2n) is 5.28. The molecule has 0 saturated carbocycles. The van der Waals surface area contributed by atoms with Crippen molar-refractivity contribution in [3.05, 3.63) is 59.2 Å². The maximum Gasteiger partial charge on any atom is 0.258 e. The van der Waals surface area contributed by atoms with Gasteiger partial charge in [0, 0.05) is 12.1 Å². The number of hydrogen-bond acceptors (Lipinski definition) is 2. The second kappa shape index (κ2) is 5.00. The van der Waals surface area contributed by atoms with Crippen molar-refractivity contribution in [1.82, 2.24) is 0 Å². The number of rotatable bonds is 1. The molecule has 3 rings (SSSR count). The maximum absolute atomic E-state index is 12.7. The van der Waals surface area contributed by atoms with E-state index < -0.39 is 0 Å². The zero-order valence-electron chi connectivity index (χ0n) is 11.6. The molecular weight excluding hydrogens is 248 g/mol. The van der Waals surface area contributed by atoms with Crippen molar-refractivity contribution < 1.29 is 4.79 Å². The lowest BCUT2D eigenvalue weighted by Crippen LogP contribution is -2.36. The molecule has 3 heteroatoms. The van der Waals surface area contributed by atoms with E-state index in [1.807, 2.05) is 48.2 Å². The summed E-state index contributed by atoms with van der Waals surface area (Å²) in [5.74, 6) is 0.0348. The molecule has 1 amide bonds. The summed E-state index contributed by atoms with van der Waals surface area (Å²) in [5, 5.41) is 0. The predicted molar refractivity (Wildman–Crippen MR) is 82.0 cm³/mol. The minimum Gasteiger partial charge on any atom is -0.397 e. The molecule has 0 atom stereocenters. The molecule has 0 spiro atoms. The number of para-hydroxylation sites is 1. The van der Waals surface area contributed by atoms with Crippen molar-refractivity contribution in [3.8, 4) is 0 Å². The Morgan fingerprint density at radius 3 is 2.80 bits per heavy atom. The van der Waals surface area contributed by atoms with Gasteiger partial charge in [-0.15, -0.1) is 0 Å². The van der Waals surface area contributed by atoms with Crippen molar-refractivity contribution in [2.24, 2.45) is 0 Å². The molecule has 0 radical (unpaired) electrons. The quantitative estimate of drug-likeness (QED) is 0.806. The molecule has 3 nitrogen and oxygen atoms in total. The molecule has 2 aromatic rings. The Morgan fingerprint density at radius 1 is 1.20 bits per heavy atom. The third kappa shape index (κ3) is 2.16. The lowest BCUT2D eigenvalue weighted by Gasteiger charge is -2.30. The van der Waals surface area contributed by atoms with Crippen molar-refractivity contribution in [1.29, 1.82) is 0 Å². The van der Waals surface area contributed by atoms with Crippen LogP contribution in [-0.2, 0) is 6.42 Å². The number of fused-ring (bicyclic) bond motifs is 1. The first-order valence-corrected chi connectivity index (χ1v) is 6.93. The zero-order chi connectivity index (χ0) is 14.1. The van der Waals surface area contributed by atoms with Crippen molar-refractivity contribution in [2.45, 2.75) is 19.8 Å². The van der Waals surface area contributed by atoms with E-state index in [1.54, 1.807) is 0 Å². The summed E-state index contributed by atoms with van der Waals surface area (Å²) in [5.41, 5.74) is 10.6. The zero-order valence-corrected chi connectivity index (χ0v) is 11.6. The highest BCUT2D eigenvalue weighted by Crippen LogP contribution is 2.33. The van der Waals surface area contributed by atoms with E-state index in [-0.39, 0.29) is 5.91 Å². The van der Waals surface area contributed by atoms with E-state index in [9.17, 15) is 4.79 Å². The Hall–Kier alpha value is -2.29. The van der Waals surface area contributed by atoms with Gasteiger partial charge in [-0.25, -0.2) is 0 Å². The Kier molecular flexibility index (Phi) is 3.18. The van der Waals surface area contributed by atoms with E-state index in [2.05, 4.69) is 6.07 Å². The van der Waals surface area contributed by atoms with Crippen molar-refractivity contribution in [2.75, 3.05) is 17.2 Å². The third-order valence-corrected chi connectivity index (χ3v) is 3.76. The van der Waals surface area contributed by atoms with E-state index >= 15 is 0 Å². The molecule has 2 N–H and O–H groups in total. The van der Waals surface area contributed by atoms with Crippen molar-refractivity contribution in [3.63, 3.8) is 0 Å². The van der Waals surface area contributed by atoms with Gasteiger partial charge in [0.2, 0.25) is 0 Å². The fraction of sp³-hybridized carbons (Fsp3) is 0.235. The number of carbonyl (C=O) groups excluding carboxylic acids is 1. The molecule has 0 unspecified atom stereocenters. The van der Waals surface area contributed by atoms with Gasteiger partial charge in [0.05, 0.1) is 11.4 Å². The second-order valence-corrected chi connectivity index (χ2v) is 5.28. The number of nitrogens with two attached hydrogens (primary N) is 1. The first kappa shape index (κ1) is 12.7. The van der Waals surface area contributed by atoms with Crippen LogP contribution in [0.25, 0.3) is 0 Å². The molecule has 1 aliphatic heterocycles. The molecule has 0 aliphatic carbocycles. The van der Waals surface area contributed by atoms with Gasteiger partial charge >= 0.3 is 0 Å². The van der Waals surface area contributed by atoms with E-state index in [1.165, 1.54) is 0 Å². The fourth-order valence-electron chi connectivity index (χ4n) is 2.82. The van der Waals surface area contributed by atoms with Crippen LogP contribution in [0.15, 0.2) is 42.5 Å². The molecule has 2 aromatic carbocycles. The molecule has 0 fully saturated rings. The van der Waals surface area contributed by atoms with E-state index in [0.717, 1.165) is 41.8 Å². The maximum atomic E-state index is 12.7. The van der Waals surface area contributed by atoms with Crippen LogP contribution in [0.4, 0.5) is 11.4 Å². The molecule has 20 heavy (non-hydrogen) atoms. The highest BCUT2D eigenvalue weighted by atomic mass is 16.2. The Labute approximate surface area is 119 Å². The summed E-state index contributed by atoms with van der Waals surface area (Å²) >= 11 is 0. The molecular formula is C17H18N2O. The van der Waals surface area contributed by atoms with Crippen LogP contribution in [0.3, 0.4) is 0 Å². The molecule has 0 bridgehead atoms. The third-order valence-electron chi connectivity index (χ3n) is 3.76. The first-order chi connectivity index (χ1) is 9.66. The summed E-state index contributed by atoms with van der Waals surface area (Å²) in [6.45, 7) is 2.73. The summed E-state index contributed by atoms with van der Waals surface area (Å²) in [7, 11) is 0. The van der Waals surface area contributed by atoms with Gasteiger partial charge < -0.3 is 10.6 Å². The summed E-state index contributed by atoms with van der Waals surface area (Å²) in [6, 6.07) is 13.6. The van der Waals surface area contributed by atoms with Crippen LogP contribution >= 0.6 is 0 Å². The van der Waals surface area contributed by atoms with Crippen LogP contribution in [-0.4, -0.2) is 12.5 Å². The van der Waals surface area contributed by atoms with Gasteiger partial charge in [-0.05, 0) is 43.5 Å². The van der Waals surface area contributed by atoms with E-state index in [0.29, 0.717) is 5.69 Å². The minimum absolute atomic E-state index is 0.0348. The monoisotopic (exact) mass is 266 g/mol. The number of aryl methyl sites for hydroxylation is 2. The Bertz CT molecular complexity index is 664. The van der Waals surface area contributed by atoms with Crippen LogP contribution < -0.4 is 10.6 Å². The molecule has 0 saturated heterocycles. The Balaban J connectivity index is 2.03. The minimum atomic E-state index is 0.0348. The van der Waals surface area contributed by atoms with Gasteiger partial charge in [0.15, 0.2) is 0 Å².